The molecule has 0 unspecified atom stereocenters. The minimum absolute atomic E-state index is 0.0245. The summed E-state index contributed by atoms with van der Waals surface area (Å²) < 4.78 is 17.1. The summed E-state index contributed by atoms with van der Waals surface area (Å²) in [6.07, 6.45) is 1.54. The molecule has 6 nitrogen and oxygen atoms in total. The Morgan fingerprint density at radius 3 is 2.52 bits per heavy atom. The van der Waals surface area contributed by atoms with Gasteiger partial charge in [-0.25, -0.2) is 0 Å². The monoisotopic (exact) mass is 417 g/mol. The molecule has 6 heteroatoms. The highest BCUT2D eigenvalue weighted by molar-refractivity contribution is 5.86. The van der Waals surface area contributed by atoms with E-state index in [0.717, 1.165) is 16.7 Å². The summed E-state index contributed by atoms with van der Waals surface area (Å²) in [6, 6.07) is 14.9. The first kappa shape index (κ1) is 20.5. The molecule has 0 saturated heterocycles. The lowest BCUT2D eigenvalue weighted by atomic mass is 10.0. The van der Waals surface area contributed by atoms with Gasteiger partial charge in [-0.3, -0.25) is 9.59 Å². The number of hydrogen-bond donors (Lipinski definition) is 1. The second-order valence-corrected chi connectivity index (χ2v) is 7.56. The highest BCUT2D eigenvalue weighted by Crippen LogP contribution is 2.32. The van der Waals surface area contributed by atoms with Crippen molar-refractivity contribution in [1.82, 2.24) is 5.32 Å². The van der Waals surface area contributed by atoms with Crippen LogP contribution in [-0.2, 0) is 11.3 Å². The Bertz CT molecular complexity index is 1280. The number of fused-ring (bicyclic) bond motifs is 1. The molecule has 158 valence electrons. The van der Waals surface area contributed by atoms with Crippen molar-refractivity contribution in [1.29, 1.82) is 0 Å². The number of hydrogen-bond acceptors (Lipinski definition) is 5. The fourth-order valence-electron chi connectivity index (χ4n) is 3.49. The van der Waals surface area contributed by atoms with E-state index >= 15 is 0 Å². The second kappa shape index (κ2) is 8.52. The number of amides is 1. The lowest BCUT2D eigenvalue weighted by Crippen LogP contribution is -2.29. The Morgan fingerprint density at radius 1 is 1.03 bits per heavy atom. The number of rotatable bonds is 6. The lowest BCUT2D eigenvalue weighted by molar-refractivity contribution is -0.123. The van der Waals surface area contributed by atoms with Gasteiger partial charge in [0.1, 0.15) is 11.3 Å². The van der Waals surface area contributed by atoms with E-state index in [1.54, 1.807) is 12.1 Å². The van der Waals surface area contributed by atoms with Crippen molar-refractivity contribution in [2.45, 2.75) is 27.3 Å². The third-order valence-electron chi connectivity index (χ3n) is 5.00. The maximum atomic E-state index is 13.3. The zero-order valence-electron chi connectivity index (χ0n) is 17.7. The van der Waals surface area contributed by atoms with Gasteiger partial charge in [-0.2, -0.15) is 0 Å². The normalized spacial score (nSPS) is 10.9. The van der Waals surface area contributed by atoms with Gasteiger partial charge in [-0.15, -0.1) is 0 Å². The van der Waals surface area contributed by atoms with E-state index in [-0.39, 0.29) is 30.2 Å². The molecule has 1 N–H and O–H groups in total. The third-order valence-corrected chi connectivity index (χ3v) is 5.00. The first-order valence-corrected chi connectivity index (χ1v) is 9.99. The summed E-state index contributed by atoms with van der Waals surface area (Å²) >= 11 is 0. The molecule has 4 aromatic rings. The predicted octanol–water partition coefficient (Wildman–Crippen LogP) is 4.67. The Hall–Kier alpha value is -3.80. The number of carbonyl (C=O) groups is 1. The zero-order chi connectivity index (χ0) is 22.0. The summed E-state index contributed by atoms with van der Waals surface area (Å²) in [6.45, 7) is 5.71. The molecule has 0 aliphatic carbocycles. The summed E-state index contributed by atoms with van der Waals surface area (Å²) in [7, 11) is 0. The molecule has 31 heavy (non-hydrogen) atoms. The Morgan fingerprint density at radius 2 is 1.81 bits per heavy atom. The van der Waals surface area contributed by atoms with Gasteiger partial charge in [-0.05, 0) is 50.1 Å². The average molecular weight is 417 g/mol. The van der Waals surface area contributed by atoms with Crippen molar-refractivity contribution < 1.29 is 18.4 Å². The molecular formula is C25H23NO5. The maximum Gasteiger partial charge on any atom is 0.258 e. The van der Waals surface area contributed by atoms with Crippen LogP contribution in [0.4, 0.5) is 0 Å². The van der Waals surface area contributed by atoms with Crippen LogP contribution in [0.3, 0.4) is 0 Å². The Kier molecular flexibility index (Phi) is 5.62. The van der Waals surface area contributed by atoms with Gasteiger partial charge in [-0.1, -0.05) is 35.9 Å². The molecule has 2 heterocycles. The molecule has 4 rings (SSSR count). The van der Waals surface area contributed by atoms with E-state index in [2.05, 4.69) is 5.32 Å². The molecule has 0 saturated carbocycles. The van der Waals surface area contributed by atoms with E-state index in [9.17, 15) is 9.59 Å². The molecule has 0 bridgehead atoms. The molecule has 0 aliphatic heterocycles. The van der Waals surface area contributed by atoms with Crippen molar-refractivity contribution in [3.05, 3.63) is 87.5 Å². The number of ether oxygens (including phenoxy) is 1. The quantitative estimate of drug-likeness (QED) is 0.493. The standard InChI is InChI=1S/C25H23NO5/c1-15-6-8-18(9-7-15)24-25(30-14-21(27)26-13-19-5-4-10-29-19)23(28)22-17(3)11-16(2)12-20(22)31-24/h4-12H,13-14H2,1-3H3,(H,26,27). The Balaban J connectivity index is 1.70. The summed E-state index contributed by atoms with van der Waals surface area (Å²) in [5.74, 6) is 0.592. The van der Waals surface area contributed by atoms with Crippen LogP contribution in [-0.4, -0.2) is 12.5 Å². The number of aryl methyl sites for hydroxylation is 3. The highest BCUT2D eigenvalue weighted by Gasteiger charge is 2.20. The van der Waals surface area contributed by atoms with E-state index in [4.69, 9.17) is 13.6 Å². The van der Waals surface area contributed by atoms with Crippen LogP contribution in [0.5, 0.6) is 5.75 Å². The average Bonchev–Trinajstić information content (AvgIpc) is 3.25. The van der Waals surface area contributed by atoms with Crippen LogP contribution in [0, 0.1) is 20.8 Å². The summed E-state index contributed by atoms with van der Waals surface area (Å²) in [5.41, 5.74) is 3.77. The molecule has 0 spiro atoms. The van der Waals surface area contributed by atoms with Gasteiger partial charge in [0.05, 0.1) is 18.2 Å². The van der Waals surface area contributed by atoms with E-state index < -0.39 is 0 Å². The van der Waals surface area contributed by atoms with Gasteiger partial charge in [0, 0.05) is 5.56 Å². The number of carbonyl (C=O) groups excluding carboxylic acids is 1. The third kappa shape index (κ3) is 4.38. The predicted molar refractivity (Wildman–Crippen MR) is 118 cm³/mol. The molecule has 0 fully saturated rings. The second-order valence-electron chi connectivity index (χ2n) is 7.56. The molecule has 0 radical (unpaired) electrons. The first-order valence-electron chi connectivity index (χ1n) is 9.99. The smallest absolute Gasteiger partial charge is 0.258 e. The zero-order valence-corrected chi connectivity index (χ0v) is 17.7. The minimum Gasteiger partial charge on any atom is -0.476 e. The van der Waals surface area contributed by atoms with Crippen LogP contribution < -0.4 is 15.5 Å². The summed E-state index contributed by atoms with van der Waals surface area (Å²) in [4.78, 5) is 25.6. The number of furan rings is 1. The van der Waals surface area contributed by atoms with E-state index in [1.165, 1.54) is 6.26 Å². The number of nitrogens with one attached hydrogen (secondary N) is 1. The molecule has 2 aromatic carbocycles. The van der Waals surface area contributed by atoms with E-state index in [0.29, 0.717) is 28.1 Å². The van der Waals surface area contributed by atoms with Crippen LogP contribution in [0.15, 0.2) is 68.4 Å². The SMILES string of the molecule is Cc1ccc(-c2oc3cc(C)cc(C)c3c(=O)c2OCC(=O)NCc2ccco2)cc1. The Labute approximate surface area is 179 Å². The minimum atomic E-state index is -0.369. The summed E-state index contributed by atoms with van der Waals surface area (Å²) in [5, 5.41) is 3.16. The van der Waals surface area contributed by atoms with Crippen LogP contribution in [0.25, 0.3) is 22.3 Å². The number of benzene rings is 2. The van der Waals surface area contributed by atoms with Gasteiger partial charge in [0.15, 0.2) is 12.4 Å². The van der Waals surface area contributed by atoms with Crippen molar-refractivity contribution >= 4 is 16.9 Å². The van der Waals surface area contributed by atoms with Crippen molar-refractivity contribution in [2.75, 3.05) is 6.61 Å². The molecular weight excluding hydrogens is 394 g/mol. The van der Waals surface area contributed by atoms with Gasteiger partial charge in [0.25, 0.3) is 5.91 Å². The first-order chi connectivity index (χ1) is 14.9. The maximum absolute atomic E-state index is 13.3. The topological polar surface area (TPSA) is 81.7 Å². The molecule has 2 aromatic heterocycles. The van der Waals surface area contributed by atoms with Crippen LogP contribution in [0.1, 0.15) is 22.5 Å². The molecule has 0 aliphatic rings. The van der Waals surface area contributed by atoms with Gasteiger partial charge >= 0.3 is 0 Å². The van der Waals surface area contributed by atoms with Crippen LogP contribution in [0.2, 0.25) is 0 Å². The van der Waals surface area contributed by atoms with E-state index in [1.807, 2.05) is 57.2 Å². The molecule has 0 atom stereocenters. The van der Waals surface area contributed by atoms with Crippen molar-refractivity contribution in [3.63, 3.8) is 0 Å². The van der Waals surface area contributed by atoms with Crippen molar-refractivity contribution in [3.8, 4) is 17.1 Å². The lowest BCUT2D eigenvalue weighted by Gasteiger charge is -2.13. The van der Waals surface area contributed by atoms with Crippen LogP contribution >= 0.6 is 0 Å². The fraction of sp³-hybridized carbons (Fsp3) is 0.200. The fourth-order valence-corrected chi connectivity index (χ4v) is 3.49. The molecule has 1 amide bonds. The largest absolute Gasteiger partial charge is 0.476 e. The highest BCUT2D eigenvalue weighted by atomic mass is 16.5. The van der Waals surface area contributed by atoms with Gasteiger partial charge in [0.2, 0.25) is 11.2 Å². The van der Waals surface area contributed by atoms with Gasteiger partial charge < -0.3 is 18.9 Å². The van der Waals surface area contributed by atoms with Crippen molar-refractivity contribution in [2.24, 2.45) is 0 Å².